The number of hydrogen-bond donors (Lipinski definition) is 0. The molecule has 0 N–H and O–H groups in total. The second-order valence-electron chi connectivity index (χ2n) is 3.92. The van der Waals surface area contributed by atoms with Crippen molar-refractivity contribution in [3.8, 4) is 0 Å². The monoisotopic (exact) mass is 251 g/mol. The Morgan fingerprint density at radius 3 is 3.00 bits per heavy atom. The Kier molecular flexibility index (Phi) is 3.74. The van der Waals surface area contributed by atoms with Gasteiger partial charge in [-0.2, -0.15) is 5.10 Å². The van der Waals surface area contributed by atoms with Crippen LogP contribution in [-0.2, 0) is 4.79 Å². The van der Waals surface area contributed by atoms with Crippen LogP contribution in [0.4, 0.5) is 0 Å². The summed E-state index contributed by atoms with van der Waals surface area (Å²) in [6.45, 7) is 2.68. The van der Waals surface area contributed by atoms with Gasteiger partial charge < -0.3 is 0 Å². The average molecular weight is 252 g/mol. The lowest BCUT2D eigenvalue weighted by Crippen LogP contribution is -2.32. The zero-order valence-electron chi connectivity index (χ0n) is 9.69. The van der Waals surface area contributed by atoms with Gasteiger partial charge in [0.15, 0.2) is 0 Å². The van der Waals surface area contributed by atoms with Gasteiger partial charge in [0, 0.05) is 30.6 Å². The summed E-state index contributed by atoms with van der Waals surface area (Å²) in [7, 11) is 0. The lowest BCUT2D eigenvalue weighted by atomic mass is 10.1. The van der Waals surface area contributed by atoms with Crippen LogP contribution >= 0.6 is 11.6 Å². The molecule has 0 fully saturated rings. The fraction of sp³-hybridized carbons (Fsp3) is 0.417. The first-order valence-corrected chi connectivity index (χ1v) is 6.08. The van der Waals surface area contributed by atoms with Crippen molar-refractivity contribution in [1.29, 1.82) is 0 Å². The second kappa shape index (κ2) is 5.27. The number of carbonyl (C=O) groups is 1. The molecule has 90 valence electrons. The van der Waals surface area contributed by atoms with E-state index in [2.05, 4.69) is 10.1 Å². The predicted octanol–water partition coefficient (Wildman–Crippen LogP) is 2.47. The molecule has 0 aromatic carbocycles. The topological polar surface area (TPSA) is 45.6 Å². The number of carbonyl (C=O) groups excluding carboxylic acids is 1. The summed E-state index contributed by atoms with van der Waals surface area (Å²) in [5, 5.41) is 6.51. The molecule has 0 unspecified atom stereocenters. The highest BCUT2D eigenvalue weighted by molar-refractivity contribution is 6.30. The lowest BCUT2D eigenvalue weighted by Gasteiger charge is -2.22. The van der Waals surface area contributed by atoms with Crippen LogP contribution in [0.5, 0.6) is 0 Å². The van der Waals surface area contributed by atoms with Gasteiger partial charge in [0.25, 0.3) is 0 Å². The van der Waals surface area contributed by atoms with Gasteiger partial charge in [-0.05, 0) is 18.6 Å². The van der Waals surface area contributed by atoms with Gasteiger partial charge in [0.1, 0.15) is 0 Å². The quantitative estimate of drug-likeness (QED) is 0.829. The van der Waals surface area contributed by atoms with E-state index >= 15 is 0 Å². The summed E-state index contributed by atoms with van der Waals surface area (Å²) in [5.41, 5.74) is 1.59. The molecule has 17 heavy (non-hydrogen) atoms. The molecular formula is C12H14ClN3O. The van der Waals surface area contributed by atoms with E-state index in [4.69, 9.17) is 11.6 Å². The van der Waals surface area contributed by atoms with Crippen molar-refractivity contribution in [2.45, 2.75) is 26.2 Å². The van der Waals surface area contributed by atoms with E-state index in [1.54, 1.807) is 18.3 Å². The van der Waals surface area contributed by atoms with Crippen molar-refractivity contribution >= 4 is 23.2 Å². The van der Waals surface area contributed by atoms with Crippen LogP contribution in [0.15, 0.2) is 23.4 Å². The van der Waals surface area contributed by atoms with Crippen LogP contribution in [0, 0.1) is 0 Å². The number of aromatic nitrogens is 1. The minimum Gasteiger partial charge on any atom is -0.273 e. The highest BCUT2D eigenvalue weighted by Crippen LogP contribution is 2.16. The molecule has 1 aromatic rings. The average Bonchev–Trinajstić information content (AvgIpc) is 2.32. The van der Waals surface area contributed by atoms with Crippen LogP contribution in [0.2, 0.25) is 5.02 Å². The molecule has 0 saturated heterocycles. The summed E-state index contributed by atoms with van der Waals surface area (Å²) < 4.78 is 0. The van der Waals surface area contributed by atoms with Crippen molar-refractivity contribution in [1.82, 2.24) is 9.99 Å². The summed E-state index contributed by atoms with van der Waals surface area (Å²) >= 11 is 5.91. The molecule has 1 amide bonds. The minimum absolute atomic E-state index is 0.0811. The van der Waals surface area contributed by atoms with E-state index in [0.29, 0.717) is 24.4 Å². The SMILES string of the molecule is CCCN1N=C(c2cc(Cl)ccn2)CCC1=O. The number of pyridine rings is 1. The van der Waals surface area contributed by atoms with E-state index in [1.165, 1.54) is 5.01 Å². The fourth-order valence-electron chi connectivity index (χ4n) is 1.73. The lowest BCUT2D eigenvalue weighted by molar-refractivity contribution is -0.131. The number of hydrogen-bond acceptors (Lipinski definition) is 3. The molecule has 2 rings (SSSR count). The maximum Gasteiger partial charge on any atom is 0.243 e. The Morgan fingerprint density at radius 2 is 2.29 bits per heavy atom. The van der Waals surface area contributed by atoms with Crippen molar-refractivity contribution in [2.75, 3.05) is 6.54 Å². The minimum atomic E-state index is 0.0811. The second-order valence-corrected chi connectivity index (χ2v) is 4.36. The van der Waals surface area contributed by atoms with Crippen LogP contribution in [-0.4, -0.2) is 28.2 Å². The molecule has 2 heterocycles. The van der Waals surface area contributed by atoms with Crippen molar-refractivity contribution < 1.29 is 4.79 Å². The summed E-state index contributed by atoms with van der Waals surface area (Å²) in [6, 6.07) is 3.50. The standard InChI is InChI=1S/C12H14ClN3O/c1-2-7-16-12(17)4-3-10(15-16)11-8-9(13)5-6-14-11/h5-6,8H,2-4,7H2,1H3. The molecule has 1 aliphatic heterocycles. The van der Waals surface area contributed by atoms with Gasteiger partial charge >= 0.3 is 0 Å². The molecule has 0 spiro atoms. The van der Waals surface area contributed by atoms with Gasteiger partial charge in [-0.25, -0.2) is 5.01 Å². The molecule has 4 nitrogen and oxygen atoms in total. The summed E-state index contributed by atoms with van der Waals surface area (Å²) in [5.74, 6) is 0.0811. The number of amides is 1. The third kappa shape index (κ3) is 2.82. The number of nitrogens with zero attached hydrogens (tertiary/aromatic N) is 3. The largest absolute Gasteiger partial charge is 0.273 e. The van der Waals surface area contributed by atoms with Crippen LogP contribution in [0.3, 0.4) is 0 Å². The highest BCUT2D eigenvalue weighted by atomic mass is 35.5. The van der Waals surface area contributed by atoms with Crippen molar-refractivity contribution in [3.05, 3.63) is 29.0 Å². The van der Waals surface area contributed by atoms with E-state index in [9.17, 15) is 4.79 Å². The van der Waals surface area contributed by atoms with Gasteiger partial charge in [0.2, 0.25) is 5.91 Å². The predicted molar refractivity (Wildman–Crippen MR) is 67.0 cm³/mol. The fourth-order valence-corrected chi connectivity index (χ4v) is 1.89. The molecule has 0 saturated carbocycles. The van der Waals surface area contributed by atoms with Gasteiger partial charge in [-0.1, -0.05) is 18.5 Å². The first kappa shape index (κ1) is 12.0. The Labute approximate surface area is 105 Å². The molecule has 0 atom stereocenters. The summed E-state index contributed by atoms with van der Waals surface area (Å²) in [4.78, 5) is 15.8. The summed E-state index contributed by atoms with van der Waals surface area (Å²) in [6.07, 6.45) is 3.67. The molecule has 0 bridgehead atoms. The molecular weight excluding hydrogens is 238 g/mol. The van der Waals surface area contributed by atoms with E-state index in [-0.39, 0.29) is 5.91 Å². The zero-order valence-corrected chi connectivity index (χ0v) is 10.4. The third-order valence-corrected chi connectivity index (χ3v) is 2.79. The Balaban J connectivity index is 2.26. The first-order chi connectivity index (χ1) is 8.20. The number of rotatable bonds is 3. The van der Waals surface area contributed by atoms with E-state index in [1.807, 2.05) is 6.92 Å². The van der Waals surface area contributed by atoms with E-state index in [0.717, 1.165) is 17.8 Å². The molecule has 0 radical (unpaired) electrons. The zero-order chi connectivity index (χ0) is 12.3. The maximum atomic E-state index is 11.6. The number of halogens is 1. The van der Waals surface area contributed by atoms with Gasteiger partial charge in [-0.15, -0.1) is 0 Å². The Morgan fingerprint density at radius 1 is 1.47 bits per heavy atom. The Bertz CT molecular complexity index is 459. The Hall–Kier alpha value is -1.42. The first-order valence-electron chi connectivity index (χ1n) is 5.70. The van der Waals surface area contributed by atoms with E-state index < -0.39 is 0 Å². The maximum absolute atomic E-state index is 11.6. The van der Waals surface area contributed by atoms with Crippen molar-refractivity contribution in [2.24, 2.45) is 5.10 Å². The smallest absolute Gasteiger partial charge is 0.243 e. The molecule has 1 aliphatic rings. The van der Waals surface area contributed by atoms with Gasteiger partial charge in [-0.3, -0.25) is 9.78 Å². The van der Waals surface area contributed by atoms with Crippen LogP contribution in [0.1, 0.15) is 31.9 Å². The number of hydrazone groups is 1. The normalized spacial score (nSPS) is 16.0. The third-order valence-electron chi connectivity index (χ3n) is 2.56. The van der Waals surface area contributed by atoms with Gasteiger partial charge in [0.05, 0.1) is 11.4 Å². The molecule has 1 aromatic heterocycles. The highest BCUT2D eigenvalue weighted by Gasteiger charge is 2.21. The van der Waals surface area contributed by atoms with Crippen LogP contribution in [0.25, 0.3) is 0 Å². The molecule has 0 aliphatic carbocycles. The van der Waals surface area contributed by atoms with Crippen molar-refractivity contribution in [3.63, 3.8) is 0 Å². The molecule has 5 heteroatoms. The van der Waals surface area contributed by atoms with Crippen LogP contribution < -0.4 is 0 Å².